The number of carbonyl (C=O) groups is 1. The topological polar surface area (TPSA) is 57.0 Å². The Labute approximate surface area is 123 Å². The van der Waals surface area contributed by atoms with Crippen LogP contribution in [0.4, 0.5) is 0 Å². The van der Waals surface area contributed by atoms with Gasteiger partial charge in [0.2, 0.25) is 0 Å². The number of ether oxygens (including phenoxy) is 1. The molecule has 0 aromatic carbocycles. The van der Waals surface area contributed by atoms with E-state index < -0.39 is 0 Å². The Morgan fingerprint density at radius 2 is 2.10 bits per heavy atom. The standard InChI is InChI=1S/C12H12ClN3O2.C2H6/c1-3-18-12(17)9-7-14-16(8(9)2)11-6-4-5-10(13)15-11;1-2/h4-7H,3H2,1-2H3;1-2H3. The molecule has 0 amide bonds. The fourth-order valence-electron chi connectivity index (χ4n) is 1.57. The third-order valence-electron chi connectivity index (χ3n) is 2.42. The van der Waals surface area contributed by atoms with Gasteiger partial charge in [-0.25, -0.2) is 14.5 Å². The van der Waals surface area contributed by atoms with Gasteiger partial charge < -0.3 is 4.74 Å². The van der Waals surface area contributed by atoms with Gasteiger partial charge in [-0.3, -0.25) is 0 Å². The van der Waals surface area contributed by atoms with Gasteiger partial charge in [-0.15, -0.1) is 0 Å². The lowest BCUT2D eigenvalue weighted by Crippen LogP contribution is -2.07. The number of hydrogen-bond acceptors (Lipinski definition) is 4. The lowest BCUT2D eigenvalue weighted by molar-refractivity contribution is 0.0525. The van der Waals surface area contributed by atoms with Gasteiger partial charge in [0.1, 0.15) is 10.7 Å². The van der Waals surface area contributed by atoms with Gasteiger partial charge in [0, 0.05) is 0 Å². The Bertz CT molecular complexity index is 582. The molecule has 0 fully saturated rings. The molecule has 0 bridgehead atoms. The van der Waals surface area contributed by atoms with Crippen LogP contribution < -0.4 is 0 Å². The number of halogens is 1. The van der Waals surface area contributed by atoms with E-state index in [-0.39, 0.29) is 5.97 Å². The number of carbonyl (C=O) groups excluding carboxylic acids is 1. The first-order chi connectivity index (χ1) is 9.63. The summed E-state index contributed by atoms with van der Waals surface area (Å²) in [5.74, 6) is 0.179. The summed E-state index contributed by atoms with van der Waals surface area (Å²) in [5.41, 5.74) is 1.10. The average Bonchev–Trinajstić information content (AvgIpc) is 2.83. The SMILES string of the molecule is CC.CCOC(=O)c1cnn(-c2cccc(Cl)n2)c1C. The largest absolute Gasteiger partial charge is 0.462 e. The molecular formula is C14H18ClN3O2. The van der Waals surface area contributed by atoms with Crippen LogP contribution >= 0.6 is 11.6 Å². The smallest absolute Gasteiger partial charge is 0.341 e. The Hall–Kier alpha value is -1.88. The highest BCUT2D eigenvalue weighted by Gasteiger charge is 2.16. The number of rotatable bonds is 3. The molecule has 20 heavy (non-hydrogen) atoms. The Balaban J connectivity index is 0.000000956. The van der Waals surface area contributed by atoms with Gasteiger partial charge in [-0.2, -0.15) is 5.10 Å². The van der Waals surface area contributed by atoms with Crippen molar-refractivity contribution in [1.82, 2.24) is 14.8 Å². The molecule has 0 N–H and O–H groups in total. The van der Waals surface area contributed by atoms with Crippen molar-refractivity contribution in [3.63, 3.8) is 0 Å². The highest BCUT2D eigenvalue weighted by Crippen LogP contribution is 2.15. The maximum absolute atomic E-state index is 11.7. The average molecular weight is 296 g/mol. The fraction of sp³-hybridized carbons (Fsp3) is 0.357. The zero-order valence-corrected chi connectivity index (χ0v) is 12.8. The van der Waals surface area contributed by atoms with E-state index in [9.17, 15) is 4.79 Å². The summed E-state index contributed by atoms with van der Waals surface area (Å²) in [7, 11) is 0. The van der Waals surface area contributed by atoms with Crippen LogP contribution in [0.2, 0.25) is 5.15 Å². The highest BCUT2D eigenvalue weighted by atomic mass is 35.5. The number of esters is 1. The summed E-state index contributed by atoms with van der Waals surface area (Å²) in [6.07, 6.45) is 1.47. The minimum absolute atomic E-state index is 0.332. The molecule has 5 nitrogen and oxygen atoms in total. The molecule has 0 atom stereocenters. The van der Waals surface area contributed by atoms with E-state index in [1.54, 1.807) is 36.7 Å². The number of pyridine rings is 1. The minimum Gasteiger partial charge on any atom is -0.462 e. The van der Waals surface area contributed by atoms with E-state index in [1.807, 2.05) is 13.8 Å². The molecule has 0 aliphatic carbocycles. The zero-order chi connectivity index (χ0) is 15.1. The quantitative estimate of drug-likeness (QED) is 0.643. The van der Waals surface area contributed by atoms with Crippen LogP contribution in [0.25, 0.3) is 5.82 Å². The number of aromatic nitrogens is 3. The van der Waals surface area contributed by atoms with Crippen molar-refractivity contribution < 1.29 is 9.53 Å². The van der Waals surface area contributed by atoms with Crippen molar-refractivity contribution in [2.24, 2.45) is 0 Å². The second-order valence-corrected chi connectivity index (χ2v) is 3.98. The predicted molar refractivity (Wildman–Crippen MR) is 78.4 cm³/mol. The molecule has 0 saturated carbocycles. The van der Waals surface area contributed by atoms with Crippen LogP contribution in [0, 0.1) is 6.92 Å². The summed E-state index contributed by atoms with van der Waals surface area (Å²) in [6, 6.07) is 5.22. The molecule has 0 radical (unpaired) electrons. The summed E-state index contributed by atoms with van der Waals surface area (Å²) in [5, 5.41) is 4.50. The molecule has 2 aromatic heterocycles. The van der Waals surface area contributed by atoms with Crippen LogP contribution in [0.5, 0.6) is 0 Å². The molecule has 2 aromatic rings. The van der Waals surface area contributed by atoms with Crippen molar-refractivity contribution >= 4 is 17.6 Å². The molecule has 0 saturated heterocycles. The van der Waals surface area contributed by atoms with Gasteiger partial charge in [0.25, 0.3) is 0 Å². The maximum Gasteiger partial charge on any atom is 0.341 e. The molecule has 0 unspecified atom stereocenters. The van der Waals surface area contributed by atoms with Gasteiger partial charge in [0.05, 0.1) is 18.5 Å². The van der Waals surface area contributed by atoms with Crippen LogP contribution in [0.15, 0.2) is 24.4 Å². The first-order valence-electron chi connectivity index (χ1n) is 6.48. The van der Waals surface area contributed by atoms with Crippen molar-refractivity contribution in [3.05, 3.63) is 40.8 Å². The van der Waals surface area contributed by atoms with E-state index in [1.165, 1.54) is 6.20 Å². The summed E-state index contributed by atoms with van der Waals surface area (Å²) in [6.45, 7) is 7.87. The van der Waals surface area contributed by atoms with E-state index in [4.69, 9.17) is 16.3 Å². The van der Waals surface area contributed by atoms with Gasteiger partial charge in [-0.05, 0) is 26.0 Å². The van der Waals surface area contributed by atoms with E-state index in [0.717, 1.165) is 0 Å². The molecule has 6 heteroatoms. The molecule has 108 valence electrons. The highest BCUT2D eigenvalue weighted by molar-refractivity contribution is 6.29. The summed E-state index contributed by atoms with van der Waals surface area (Å²) in [4.78, 5) is 15.8. The summed E-state index contributed by atoms with van der Waals surface area (Å²) < 4.78 is 6.50. The maximum atomic E-state index is 11.7. The first-order valence-corrected chi connectivity index (χ1v) is 6.86. The molecular weight excluding hydrogens is 278 g/mol. The normalized spacial score (nSPS) is 9.65. The summed E-state index contributed by atoms with van der Waals surface area (Å²) >= 11 is 5.82. The third kappa shape index (κ3) is 3.57. The van der Waals surface area contributed by atoms with E-state index in [2.05, 4.69) is 10.1 Å². The Morgan fingerprint density at radius 3 is 2.70 bits per heavy atom. The fourth-order valence-corrected chi connectivity index (χ4v) is 1.72. The monoisotopic (exact) mass is 295 g/mol. The lowest BCUT2D eigenvalue weighted by atomic mass is 10.2. The lowest BCUT2D eigenvalue weighted by Gasteiger charge is -2.04. The first kappa shape index (κ1) is 16.2. The second kappa shape index (κ2) is 7.65. The molecule has 2 heterocycles. The van der Waals surface area contributed by atoms with Crippen molar-refractivity contribution in [3.8, 4) is 5.82 Å². The van der Waals surface area contributed by atoms with E-state index in [0.29, 0.717) is 28.8 Å². The Morgan fingerprint density at radius 1 is 1.40 bits per heavy atom. The van der Waals surface area contributed by atoms with Crippen molar-refractivity contribution in [2.75, 3.05) is 6.61 Å². The molecule has 0 spiro atoms. The third-order valence-corrected chi connectivity index (χ3v) is 2.63. The molecule has 0 aliphatic heterocycles. The van der Waals surface area contributed by atoms with Crippen LogP contribution in [0.3, 0.4) is 0 Å². The zero-order valence-electron chi connectivity index (χ0n) is 12.1. The van der Waals surface area contributed by atoms with Crippen LogP contribution in [-0.2, 0) is 4.74 Å². The minimum atomic E-state index is -0.386. The number of hydrogen-bond donors (Lipinski definition) is 0. The second-order valence-electron chi connectivity index (χ2n) is 3.59. The Kier molecular flexibility index (Phi) is 6.18. The van der Waals surface area contributed by atoms with Gasteiger partial charge >= 0.3 is 5.97 Å². The predicted octanol–water partition coefficient (Wildman–Crippen LogP) is 3.43. The number of nitrogens with zero attached hydrogens (tertiary/aromatic N) is 3. The van der Waals surface area contributed by atoms with Crippen LogP contribution in [-0.4, -0.2) is 27.3 Å². The molecule has 2 rings (SSSR count). The van der Waals surface area contributed by atoms with Crippen molar-refractivity contribution in [2.45, 2.75) is 27.7 Å². The van der Waals surface area contributed by atoms with E-state index >= 15 is 0 Å². The van der Waals surface area contributed by atoms with Gasteiger partial charge in [-0.1, -0.05) is 31.5 Å². The van der Waals surface area contributed by atoms with Crippen LogP contribution in [0.1, 0.15) is 36.8 Å². The molecule has 0 aliphatic rings. The van der Waals surface area contributed by atoms with Gasteiger partial charge in [0.15, 0.2) is 5.82 Å². The van der Waals surface area contributed by atoms with Crippen molar-refractivity contribution in [1.29, 1.82) is 0 Å².